The fraction of sp³-hybridized carbons (Fsp3) is 0.667. The van der Waals surface area contributed by atoms with Crippen LogP contribution in [0.15, 0.2) is 58.7 Å². The van der Waals surface area contributed by atoms with Crippen molar-refractivity contribution in [3.63, 3.8) is 0 Å². The molecule has 0 saturated carbocycles. The molecule has 0 radical (unpaired) electrons. The molecule has 0 spiro atoms. The number of nitrogens with one attached hydrogen (secondary N) is 1. The topological polar surface area (TPSA) is 83.5 Å². The van der Waals surface area contributed by atoms with Gasteiger partial charge < -0.3 is 10.4 Å². The molecule has 1 aliphatic rings. The van der Waals surface area contributed by atoms with Gasteiger partial charge in [-0.05, 0) is 69.1 Å². The molecule has 6 heteroatoms. The monoisotopic (exact) mass is 641 g/mol. The number of allylic oxidation sites excluding steroid dienone is 9. The second-order valence-corrected chi connectivity index (χ2v) is 14.5. The highest BCUT2D eigenvalue weighted by Gasteiger charge is 2.26. The molecule has 1 amide bonds. The zero-order valence-electron chi connectivity index (χ0n) is 29.3. The first kappa shape index (κ1) is 40.7. The molecule has 0 aromatic carbocycles. The summed E-state index contributed by atoms with van der Waals surface area (Å²) < 4.78 is 0. The van der Waals surface area contributed by atoms with Gasteiger partial charge in [-0.1, -0.05) is 151 Å². The molecule has 45 heavy (non-hydrogen) atoms. The summed E-state index contributed by atoms with van der Waals surface area (Å²) in [5.41, 5.74) is 5.02. The summed E-state index contributed by atoms with van der Waals surface area (Å²) in [6, 6.07) is -1.08. The van der Waals surface area contributed by atoms with Crippen molar-refractivity contribution in [3.8, 4) is 0 Å². The number of thioether (sulfide) groups is 1. The molecule has 0 aromatic heterocycles. The Morgan fingerprint density at radius 2 is 1.47 bits per heavy atom. The fourth-order valence-electron chi connectivity index (χ4n) is 5.82. The van der Waals surface area contributed by atoms with Gasteiger partial charge in [0, 0.05) is 12.2 Å². The number of hydrogen-bond donors (Lipinski definition) is 2. The van der Waals surface area contributed by atoms with Crippen molar-refractivity contribution in [1.29, 1.82) is 0 Å². The molecule has 0 aliphatic heterocycles. The van der Waals surface area contributed by atoms with Gasteiger partial charge in [-0.3, -0.25) is 9.59 Å². The summed E-state index contributed by atoms with van der Waals surface area (Å²) in [7, 11) is 0. The molecular weight excluding hydrogens is 578 g/mol. The van der Waals surface area contributed by atoms with Crippen molar-refractivity contribution in [1.82, 2.24) is 5.32 Å². The maximum Gasteiger partial charge on any atom is 0.327 e. The van der Waals surface area contributed by atoms with Crippen LogP contribution in [0.4, 0.5) is 0 Å². The van der Waals surface area contributed by atoms with Gasteiger partial charge in [0.25, 0.3) is 0 Å². The van der Waals surface area contributed by atoms with E-state index in [2.05, 4.69) is 52.1 Å². The van der Waals surface area contributed by atoms with E-state index in [1.165, 1.54) is 101 Å². The van der Waals surface area contributed by atoms with Crippen LogP contribution in [0.5, 0.6) is 0 Å². The quantitative estimate of drug-likeness (QED) is 0.0659. The normalized spacial score (nSPS) is 16.5. The molecule has 254 valence electrons. The molecule has 0 bridgehead atoms. The zero-order chi connectivity index (χ0) is 33.5. The summed E-state index contributed by atoms with van der Waals surface area (Å²) in [6.07, 6.45) is 31.7. The third-order valence-corrected chi connectivity index (χ3v) is 9.55. The first-order chi connectivity index (χ1) is 21.5. The molecule has 5 nitrogen and oxygen atoms in total. The Labute approximate surface area is 279 Å². The predicted molar refractivity (Wildman–Crippen MR) is 193 cm³/mol. The summed E-state index contributed by atoms with van der Waals surface area (Å²) in [5, 5.41) is 11.9. The van der Waals surface area contributed by atoms with Gasteiger partial charge in [0.15, 0.2) is 0 Å². The molecule has 1 atom stereocenters. The maximum atomic E-state index is 12.5. The summed E-state index contributed by atoms with van der Waals surface area (Å²) in [4.78, 5) is 36.5. The summed E-state index contributed by atoms with van der Waals surface area (Å²) in [5.74, 6) is -1.38. The van der Waals surface area contributed by atoms with Crippen LogP contribution in [0, 0.1) is 5.41 Å². The Kier molecular flexibility index (Phi) is 21.6. The zero-order valence-corrected chi connectivity index (χ0v) is 30.2. The van der Waals surface area contributed by atoms with Gasteiger partial charge in [-0.25, -0.2) is 4.79 Å². The second-order valence-electron chi connectivity index (χ2n) is 13.5. The number of amides is 1. The Balaban J connectivity index is 2.33. The first-order valence-electron chi connectivity index (χ1n) is 17.6. The van der Waals surface area contributed by atoms with Crippen LogP contribution in [0.25, 0.3) is 0 Å². The molecule has 0 saturated heterocycles. The van der Waals surface area contributed by atoms with E-state index in [1.807, 2.05) is 25.2 Å². The van der Waals surface area contributed by atoms with Crippen molar-refractivity contribution in [3.05, 3.63) is 58.7 Å². The van der Waals surface area contributed by atoms with Crippen LogP contribution < -0.4 is 5.32 Å². The van der Waals surface area contributed by atoms with Crippen molar-refractivity contribution >= 4 is 28.8 Å². The van der Waals surface area contributed by atoms with Gasteiger partial charge in [0.05, 0.1) is 0 Å². The highest BCUT2D eigenvalue weighted by Crippen LogP contribution is 2.40. The number of carbonyl (C=O) groups excluding carboxylic acids is 2. The lowest BCUT2D eigenvalue weighted by Gasteiger charge is -2.32. The fourth-order valence-corrected chi connectivity index (χ4v) is 6.64. The van der Waals surface area contributed by atoms with Crippen molar-refractivity contribution < 1.29 is 19.5 Å². The minimum absolute atomic E-state index is 0.00142. The lowest BCUT2D eigenvalue weighted by atomic mass is 9.72. The number of unbranched alkanes of at least 4 members (excludes halogenated alkanes) is 12. The summed E-state index contributed by atoms with van der Waals surface area (Å²) in [6.45, 7) is 13.0. The molecule has 1 rings (SSSR count). The van der Waals surface area contributed by atoms with Crippen LogP contribution in [0.2, 0.25) is 0 Å². The van der Waals surface area contributed by atoms with E-state index in [9.17, 15) is 19.5 Å². The lowest BCUT2D eigenvalue weighted by Crippen LogP contribution is -2.42. The van der Waals surface area contributed by atoms with Gasteiger partial charge in [-0.2, -0.15) is 0 Å². The second kappa shape index (κ2) is 23.9. The van der Waals surface area contributed by atoms with Crippen molar-refractivity contribution in [2.45, 2.75) is 157 Å². The Bertz CT molecular complexity index is 1060. The standard InChI is InChI=1S/C39H63NO4S/c1-7-8-9-10-11-12-13-14-15-16-17-18-19-25-36(41)40-35(38(43)44)30-45-37(42)29-32(3)23-20-22-31(2)26-27-34-33(4)24-21-28-39(34,5)6/h20,22-23,26-27,29,35H,7-19,21,24-25,28,30H2,1-6H3,(H,40,41)(H,43,44)/b23-20+,27-26+,31-22+,32-29+/t35-/m0/s1. The third kappa shape index (κ3) is 19.7. The SMILES string of the molecule is CCCCCCCCCCCCCCCC(=O)N[C@@H](CSC(=O)/C=C(C)/C=C/C=C(C)/C=C/C1=C(C)CCCC1(C)C)C(=O)O. The van der Waals surface area contributed by atoms with E-state index in [-0.39, 0.29) is 22.2 Å². The lowest BCUT2D eigenvalue weighted by molar-refractivity contribution is -0.141. The molecular formula is C39H63NO4S. The van der Waals surface area contributed by atoms with Gasteiger partial charge in [0.2, 0.25) is 11.0 Å². The number of carboxylic acids is 1. The van der Waals surface area contributed by atoms with Crippen LogP contribution in [0.1, 0.15) is 151 Å². The van der Waals surface area contributed by atoms with E-state index in [1.54, 1.807) is 0 Å². The number of aliphatic carboxylic acids is 1. The smallest absolute Gasteiger partial charge is 0.327 e. The minimum Gasteiger partial charge on any atom is -0.480 e. The maximum absolute atomic E-state index is 12.5. The first-order valence-corrected chi connectivity index (χ1v) is 18.5. The molecule has 0 aromatic rings. The van der Waals surface area contributed by atoms with E-state index in [0.717, 1.165) is 42.2 Å². The van der Waals surface area contributed by atoms with Gasteiger partial charge in [-0.15, -0.1) is 0 Å². The van der Waals surface area contributed by atoms with Crippen molar-refractivity contribution in [2.24, 2.45) is 5.41 Å². The average Bonchev–Trinajstić information content (AvgIpc) is 2.96. The highest BCUT2D eigenvalue weighted by atomic mass is 32.2. The van der Waals surface area contributed by atoms with Crippen LogP contribution in [0.3, 0.4) is 0 Å². The Morgan fingerprint density at radius 3 is 2.02 bits per heavy atom. The molecule has 0 heterocycles. The predicted octanol–water partition coefficient (Wildman–Crippen LogP) is 10.8. The van der Waals surface area contributed by atoms with E-state index >= 15 is 0 Å². The van der Waals surface area contributed by atoms with Gasteiger partial charge >= 0.3 is 5.97 Å². The van der Waals surface area contributed by atoms with Crippen LogP contribution in [-0.4, -0.2) is 33.9 Å². The molecule has 0 unspecified atom stereocenters. The van der Waals surface area contributed by atoms with Crippen LogP contribution >= 0.6 is 11.8 Å². The number of carboxylic acid groups (broad SMARTS) is 1. The van der Waals surface area contributed by atoms with Crippen molar-refractivity contribution in [2.75, 3.05) is 5.75 Å². The Hall–Kier alpha value is -2.34. The number of carbonyl (C=O) groups is 3. The average molecular weight is 642 g/mol. The summed E-state index contributed by atoms with van der Waals surface area (Å²) >= 11 is 0.918. The molecule has 2 N–H and O–H groups in total. The van der Waals surface area contributed by atoms with E-state index < -0.39 is 12.0 Å². The van der Waals surface area contributed by atoms with Crippen LogP contribution in [-0.2, 0) is 14.4 Å². The highest BCUT2D eigenvalue weighted by molar-refractivity contribution is 8.14. The third-order valence-electron chi connectivity index (χ3n) is 8.65. The largest absolute Gasteiger partial charge is 0.480 e. The van der Waals surface area contributed by atoms with E-state index in [0.29, 0.717) is 6.42 Å². The number of hydrogen-bond acceptors (Lipinski definition) is 4. The van der Waals surface area contributed by atoms with Gasteiger partial charge in [0.1, 0.15) is 6.04 Å². The molecule has 0 fully saturated rings. The van der Waals surface area contributed by atoms with E-state index in [4.69, 9.17) is 0 Å². The minimum atomic E-state index is -1.12. The Morgan fingerprint density at radius 1 is 0.889 bits per heavy atom. The number of rotatable bonds is 23. The molecule has 1 aliphatic carbocycles.